The molecule has 0 aromatic heterocycles. The maximum Gasteiger partial charge on any atom is 0.339 e. The van der Waals surface area contributed by atoms with Crippen LogP contribution in [0.3, 0.4) is 0 Å². The Morgan fingerprint density at radius 3 is 2.70 bits per heavy atom. The molecule has 20 heavy (non-hydrogen) atoms. The van der Waals surface area contributed by atoms with Gasteiger partial charge in [0.15, 0.2) is 0 Å². The van der Waals surface area contributed by atoms with Crippen molar-refractivity contribution in [3.8, 4) is 0 Å². The Morgan fingerprint density at radius 2 is 2.15 bits per heavy atom. The molecule has 3 nitrogen and oxygen atoms in total. The molecule has 0 radical (unpaired) electrons. The van der Waals surface area contributed by atoms with E-state index in [1.54, 1.807) is 0 Å². The van der Waals surface area contributed by atoms with Crippen LogP contribution < -0.4 is 0 Å². The molecule has 0 heterocycles. The summed E-state index contributed by atoms with van der Waals surface area (Å²) in [6, 6.07) is 5.86. The van der Waals surface area contributed by atoms with E-state index >= 15 is 0 Å². The van der Waals surface area contributed by atoms with Gasteiger partial charge in [0.1, 0.15) is 0 Å². The van der Waals surface area contributed by atoms with E-state index in [0.717, 1.165) is 28.1 Å². The van der Waals surface area contributed by atoms with Crippen molar-refractivity contribution < 1.29 is 14.3 Å². The zero-order valence-electron chi connectivity index (χ0n) is 12.0. The summed E-state index contributed by atoms with van der Waals surface area (Å²) in [4.78, 5) is 11.8. The van der Waals surface area contributed by atoms with Crippen LogP contribution in [-0.4, -0.2) is 19.2 Å². The first-order chi connectivity index (χ1) is 9.65. The van der Waals surface area contributed by atoms with Crippen LogP contribution in [0.2, 0.25) is 0 Å². The third-order valence-corrected chi connectivity index (χ3v) is 4.35. The smallest absolute Gasteiger partial charge is 0.339 e. The lowest BCUT2D eigenvalue weighted by Crippen LogP contribution is -2.10. The van der Waals surface area contributed by atoms with Gasteiger partial charge in [-0.05, 0) is 72.4 Å². The molecule has 0 bridgehead atoms. The van der Waals surface area contributed by atoms with Crippen molar-refractivity contribution in [2.24, 2.45) is 5.92 Å². The number of carbonyl (C=O) groups is 1. The van der Waals surface area contributed by atoms with Crippen molar-refractivity contribution in [2.75, 3.05) is 13.2 Å². The summed E-state index contributed by atoms with van der Waals surface area (Å²) in [5.41, 5.74) is 1.78. The van der Waals surface area contributed by atoms with Gasteiger partial charge in [0.05, 0.1) is 24.9 Å². The van der Waals surface area contributed by atoms with E-state index < -0.39 is 0 Å². The molecule has 1 aromatic carbocycles. The van der Waals surface area contributed by atoms with Gasteiger partial charge in [-0.25, -0.2) is 4.79 Å². The minimum Gasteiger partial charge on any atom is -0.462 e. The van der Waals surface area contributed by atoms with Crippen molar-refractivity contribution in [3.05, 3.63) is 32.9 Å². The molecule has 0 saturated heterocycles. The topological polar surface area (TPSA) is 35.5 Å². The van der Waals surface area contributed by atoms with Gasteiger partial charge < -0.3 is 9.47 Å². The molecule has 110 valence electrons. The fourth-order valence-electron chi connectivity index (χ4n) is 2.09. The van der Waals surface area contributed by atoms with E-state index in [2.05, 4.69) is 29.5 Å². The fourth-order valence-corrected chi connectivity index (χ4v) is 2.85. The summed E-state index contributed by atoms with van der Waals surface area (Å²) in [6.45, 7) is 5.20. The Morgan fingerprint density at radius 1 is 1.40 bits per heavy atom. The van der Waals surface area contributed by atoms with Crippen LogP contribution in [0.4, 0.5) is 0 Å². The summed E-state index contributed by atoms with van der Waals surface area (Å²) < 4.78 is 12.0. The number of esters is 1. The number of benzene rings is 1. The first-order valence-corrected chi connectivity index (χ1v) is 8.31. The highest BCUT2D eigenvalue weighted by molar-refractivity contribution is 14.1. The average molecular weight is 388 g/mol. The van der Waals surface area contributed by atoms with Crippen molar-refractivity contribution in [1.29, 1.82) is 0 Å². The van der Waals surface area contributed by atoms with Crippen molar-refractivity contribution in [2.45, 2.75) is 39.2 Å². The van der Waals surface area contributed by atoms with Crippen LogP contribution in [0.25, 0.3) is 0 Å². The summed E-state index contributed by atoms with van der Waals surface area (Å²) in [7, 11) is 0. The van der Waals surface area contributed by atoms with E-state index in [1.165, 1.54) is 12.8 Å². The molecule has 1 fully saturated rings. The van der Waals surface area contributed by atoms with Gasteiger partial charge in [-0.3, -0.25) is 0 Å². The highest BCUT2D eigenvalue weighted by Gasteiger charge is 2.23. The van der Waals surface area contributed by atoms with Crippen LogP contribution in [0.15, 0.2) is 18.2 Å². The lowest BCUT2D eigenvalue weighted by molar-refractivity contribution is 0.0424. The van der Waals surface area contributed by atoms with Gasteiger partial charge in [0.25, 0.3) is 0 Å². The summed E-state index contributed by atoms with van der Waals surface area (Å²) in [5, 5.41) is 0. The predicted octanol–water partition coefficient (Wildman–Crippen LogP) is 4.35. The number of hydrogen-bond donors (Lipinski definition) is 0. The third-order valence-electron chi connectivity index (χ3n) is 3.46. The summed E-state index contributed by atoms with van der Waals surface area (Å²) in [6.07, 6.45) is 3.67. The zero-order valence-corrected chi connectivity index (χ0v) is 14.2. The molecule has 0 spiro atoms. The van der Waals surface area contributed by atoms with Crippen molar-refractivity contribution in [3.63, 3.8) is 0 Å². The Labute approximate surface area is 134 Å². The lowest BCUT2D eigenvalue weighted by atomic mass is 10.0. The van der Waals surface area contributed by atoms with Gasteiger partial charge in [-0.15, -0.1) is 0 Å². The summed E-state index contributed by atoms with van der Waals surface area (Å²) >= 11 is 2.19. The number of hydrogen-bond acceptors (Lipinski definition) is 3. The molecule has 2 rings (SSSR count). The Balaban J connectivity index is 2.07. The second-order valence-corrected chi connectivity index (χ2v) is 6.30. The Bertz CT molecular complexity index is 469. The van der Waals surface area contributed by atoms with E-state index in [-0.39, 0.29) is 12.1 Å². The molecule has 1 atom stereocenters. The number of rotatable bonds is 7. The third kappa shape index (κ3) is 4.19. The normalized spacial score (nSPS) is 15.9. The Kier molecular flexibility index (Phi) is 5.84. The summed E-state index contributed by atoms with van der Waals surface area (Å²) in [5.74, 6) is 0.511. The predicted molar refractivity (Wildman–Crippen MR) is 86.8 cm³/mol. The molecule has 1 saturated carbocycles. The van der Waals surface area contributed by atoms with Crippen molar-refractivity contribution in [1.82, 2.24) is 0 Å². The number of carbonyl (C=O) groups excluding carboxylic acids is 1. The lowest BCUT2D eigenvalue weighted by Gasteiger charge is -2.17. The largest absolute Gasteiger partial charge is 0.462 e. The van der Waals surface area contributed by atoms with E-state index in [0.29, 0.717) is 12.2 Å². The van der Waals surface area contributed by atoms with Gasteiger partial charge >= 0.3 is 5.97 Å². The molecule has 0 amide bonds. The van der Waals surface area contributed by atoms with E-state index in [9.17, 15) is 4.79 Å². The van der Waals surface area contributed by atoms with Crippen LogP contribution in [0, 0.1) is 9.49 Å². The molecular weight excluding hydrogens is 367 g/mol. The first kappa shape index (κ1) is 15.8. The molecule has 0 N–H and O–H groups in total. The maximum absolute atomic E-state index is 11.8. The number of halogens is 1. The molecule has 1 unspecified atom stereocenters. The highest BCUT2D eigenvalue weighted by Crippen LogP contribution is 2.32. The second kappa shape index (κ2) is 7.41. The molecule has 1 aliphatic carbocycles. The maximum atomic E-state index is 11.8. The van der Waals surface area contributed by atoms with Crippen LogP contribution in [-0.2, 0) is 9.47 Å². The monoisotopic (exact) mass is 388 g/mol. The molecule has 4 heteroatoms. The van der Waals surface area contributed by atoms with E-state index in [1.807, 2.05) is 25.1 Å². The van der Waals surface area contributed by atoms with Gasteiger partial charge in [0, 0.05) is 3.57 Å². The van der Waals surface area contributed by atoms with Crippen molar-refractivity contribution >= 4 is 28.6 Å². The highest BCUT2D eigenvalue weighted by atomic mass is 127. The van der Waals surface area contributed by atoms with E-state index in [4.69, 9.17) is 9.47 Å². The quantitative estimate of drug-likeness (QED) is 0.515. The molecular formula is C16H21IO3. The average Bonchev–Trinajstić information content (AvgIpc) is 3.24. The van der Waals surface area contributed by atoms with Gasteiger partial charge in [-0.2, -0.15) is 0 Å². The van der Waals surface area contributed by atoms with Gasteiger partial charge in [0.2, 0.25) is 0 Å². The number of ether oxygens (including phenoxy) is 2. The fraction of sp³-hybridized carbons (Fsp3) is 0.562. The SMILES string of the molecule is CCOC(=O)c1ccc(C(CC)OCC2CC2)cc1I. The molecule has 1 aromatic rings. The minimum absolute atomic E-state index is 0.125. The first-order valence-electron chi connectivity index (χ1n) is 7.23. The second-order valence-electron chi connectivity index (χ2n) is 5.13. The minimum atomic E-state index is -0.254. The van der Waals surface area contributed by atoms with Crippen LogP contribution in [0.5, 0.6) is 0 Å². The van der Waals surface area contributed by atoms with Gasteiger partial charge in [-0.1, -0.05) is 13.0 Å². The van der Waals surface area contributed by atoms with Crippen LogP contribution >= 0.6 is 22.6 Å². The standard InChI is InChI=1S/C16H21IO3/c1-3-15(20-10-11-5-6-11)12-7-8-13(14(17)9-12)16(18)19-4-2/h7-9,11,15H,3-6,10H2,1-2H3. The molecule has 0 aliphatic heterocycles. The zero-order chi connectivity index (χ0) is 14.5. The van der Waals surface area contributed by atoms with Crippen LogP contribution in [0.1, 0.15) is 55.1 Å². The molecule has 1 aliphatic rings. The Hall–Kier alpha value is -0.620.